The van der Waals surface area contributed by atoms with Gasteiger partial charge in [-0.05, 0) is 24.1 Å². The van der Waals surface area contributed by atoms with Gasteiger partial charge in [-0.25, -0.2) is 0 Å². The van der Waals surface area contributed by atoms with Gasteiger partial charge >= 0.3 is 0 Å². The molecule has 5 heteroatoms. The molecule has 1 N–H and O–H groups in total. The highest BCUT2D eigenvalue weighted by Crippen LogP contribution is 2.46. The maximum Gasteiger partial charge on any atom is 0.230 e. The lowest BCUT2D eigenvalue weighted by molar-refractivity contribution is -0.913. The molecule has 1 saturated heterocycles. The maximum absolute atomic E-state index is 13.3. The number of likely N-dealkylation sites (N-methyl/N-ethyl adjacent to an activating group) is 1. The van der Waals surface area contributed by atoms with E-state index in [1.165, 1.54) is 42.5 Å². The van der Waals surface area contributed by atoms with Crippen molar-refractivity contribution in [1.82, 2.24) is 4.90 Å². The van der Waals surface area contributed by atoms with E-state index in [-0.39, 0.29) is 17.1 Å². The van der Waals surface area contributed by atoms with Gasteiger partial charge in [-0.3, -0.25) is 9.69 Å². The SMILES string of the molecule is CCCC[N+]1(C)CCN(C[C@@H]2C(=O)Nc3ccccc3S[C@@H]2c2ccccc2)CC1. The first-order valence-electron chi connectivity index (χ1n) is 11.3. The van der Waals surface area contributed by atoms with Crippen molar-refractivity contribution in [1.29, 1.82) is 0 Å². The van der Waals surface area contributed by atoms with E-state index in [4.69, 9.17) is 0 Å². The number of anilines is 1. The quantitative estimate of drug-likeness (QED) is 0.685. The number of fused-ring (bicyclic) bond motifs is 1. The Morgan fingerprint density at radius 3 is 2.50 bits per heavy atom. The lowest BCUT2D eigenvalue weighted by atomic mass is 9.96. The van der Waals surface area contributed by atoms with Crippen LogP contribution in [0.25, 0.3) is 0 Å². The topological polar surface area (TPSA) is 32.3 Å². The van der Waals surface area contributed by atoms with Crippen LogP contribution in [0.2, 0.25) is 0 Å². The Bertz CT molecular complexity index is 848. The van der Waals surface area contributed by atoms with Crippen LogP contribution >= 0.6 is 11.8 Å². The number of rotatable bonds is 6. The van der Waals surface area contributed by atoms with Crippen LogP contribution in [0.15, 0.2) is 59.5 Å². The van der Waals surface area contributed by atoms with E-state index >= 15 is 0 Å². The molecular weight excluding hydrogens is 390 g/mol. The standard InChI is InChI=1S/C25H33N3OS/c1-3-4-16-28(2)17-14-27(15-18-28)19-21-24(20-10-6-5-7-11-20)30-23-13-9-8-12-22(23)26-25(21)29/h5-13,21,24H,3-4,14-19H2,1-2H3/p+1/t21-,24+/m0/s1. The molecule has 0 unspecified atom stereocenters. The Hall–Kier alpha value is -1.82. The zero-order valence-electron chi connectivity index (χ0n) is 18.2. The molecule has 0 bridgehead atoms. The van der Waals surface area contributed by atoms with Crippen LogP contribution < -0.4 is 5.32 Å². The third-order valence-corrected chi connectivity index (χ3v) is 8.11. The molecule has 0 saturated carbocycles. The number of hydrogen-bond donors (Lipinski definition) is 1. The van der Waals surface area contributed by atoms with Gasteiger partial charge in [-0.2, -0.15) is 0 Å². The molecule has 2 heterocycles. The second-order valence-corrected chi connectivity index (χ2v) is 10.2. The molecule has 0 aromatic heterocycles. The fourth-order valence-electron chi connectivity index (χ4n) is 4.59. The minimum absolute atomic E-state index is 0.0719. The smallest absolute Gasteiger partial charge is 0.230 e. The highest BCUT2D eigenvalue weighted by atomic mass is 32.2. The molecular formula is C25H34N3OS+. The van der Waals surface area contributed by atoms with Crippen molar-refractivity contribution >= 4 is 23.4 Å². The average Bonchev–Trinajstić information content (AvgIpc) is 2.91. The Balaban J connectivity index is 1.52. The van der Waals surface area contributed by atoms with Crippen LogP contribution in [0.4, 0.5) is 5.69 Å². The second-order valence-electron chi connectivity index (χ2n) is 8.99. The van der Waals surface area contributed by atoms with Gasteiger partial charge in [-0.1, -0.05) is 55.8 Å². The van der Waals surface area contributed by atoms with Crippen molar-refractivity contribution in [2.75, 3.05) is 51.6 Å². The summed E-state index contributed by atoms with van der Waals surface area (Å²) in [5.74, 6) is 0.0763. The minimum atomic E-state index is -0.0719. The van der Waals surface area contributed by atoms with Crippen LogP contribution in [-0.4, -0.2) is 61.6 Å². The van der Waals surface area contributed by atoms with Crippen LogP contribution in [0.3, 0.4) is 0 Å². The van der Waals surface area contributed by atoms with Gasteiger partial charge in [0.15, 0.2) is 0 Å². The molecule has 2 aliphatic rings. The molecule has 2 atom stereocenters. The lowest BCUT2D eigenvalue weighted by Crippen LogP contribution is -2.58. The van der Waals surface area contributed by atoms with E-state index in [1.54, 1.807) is 0 Å². The molecule has 0 radical (unpaired) electrons. The van der Waals surface area contributed by atoms with Crippen molar-refractivity contribution in [3.8, 4) is 0 Å². The molecule has 2 aromatic carbocycles. The number of carbonyl (C=O) groups excluding carboxylic acids is 1. The molecule has 0 spiro atoms. The van der Waals surface area contributed by atoms with Crippen LogP contribution in [0.1, 0.15) is 30.6 Å². The Morgan fingerprint density at radius 2 is 1.77 bits per heavy atom. The van der Waals surface area contributed by atoms with E-state index in [9.17, 15) is 4.79 Å². The summed E-state index contributed by atoms with van der Waals surface area (Å²) < 4.78 is 1.17. The summed E-state index contributed by atoms with van der Waals surface area (Å²) in [6.45, 7) is 8.86. The van der Waals surface area contributed by atoms with Gasteiger partial charge in [0.2, 0.25) is 5.91 Å². The van der Waals surface area contributed by atoms with Crippen molar-refractivity contribution in [2.24, 2.45) is 5.92 Å². The molecule has 2 aromatic rings. The van der Waals surface area contributed by atoms with Gasteiger partial charge in [0.05, 0.1) is 38.3 Å². The zero-order valence-corrected chi connectivity index (χ0v) is 19.0. The van der Waals surface area contributed by atoms with E-state index in [0.29, 0.717) is 0 Å². The van der Waals surface area contributed by atoms with E-state index in [0.717, 1.165) is 30.2 Å². The number of carbonyl (C=O) groups is 1. The Kier molecular flexibility index (Phi) is 6.81. The fraction of sp³-hybridized carbons (Fsp3) is 0.480. The predicted octanol–water partition coefficient (Wildman–Crippen LogP) is 4.65. The molecule has 2 aliphatic heterocycles. The first kappa shape index (κ1) is 21.4. The first-order chi connectivity index (χ1) is 14.6. The van der Waals surface area contributed by atoms with Crippen molar-refractivity contribution in [2.45, 2.75) is 29.9 Å². The summed E-state index contributed by atoms with van der Waals surface area (Å²) in [6.07, 6.45) is 2.56. The van der Waals surface area contributed by atoms with Crippen molar-refractivity contribution < 1.29 is 9.28 Å². The highest BCUT2D eigenvalue weighted by molar-refractivity contribution is 7.99. The molecule has 4 nitrogen and oxygen atoms in total. The number of benzene rings is 2. The average molecular weight is 425 g/mol. The van der Waals surface area contributed by atoms with Crippen molar-refractivity contribution in [3.05, 3.63) is 60.2 Å². The number of nitrogens with one attached hydrogen (secondary N) is 1. The van der Waals surface area contributed by atoms with Gasteiger partial charge in [0, 0.05) is 29.8 Å². The molecule has 30 heavy (non-hydrogen) atoms. The largest absolute Gasteiger partial charge is 0.325 e. The van der Waals surface area contributed by atoms with E-state index in [2.05, 4.69) is 60.6 Å². The Morgan fingerprint density at radius 1 is 1.07 bits per heavy atom. The number of hydrogen-bond acceptors (Lipinski definition) is 3. The van der Waals surface area contributed by atoms with Crippen LogP contribution in [0.5, 0.6) is 0 Å². The van der Waals surface area contributed by atoms with Gasteiger partial charge < -0.3 is 9.80 Å². The number of piperazine rings is 1. The number of unbranched alkanes of at least 4 members (excludes halogenated alkanes) is 1. The Labute approximate surface area is 185 Å². The summed E-state index contributed by atoms with van der Waals surface area (Å²) in [5, 5.41) is 3.34. The normalized spacial score (nSPS) is 24.0. The predicted molar refractivity (Wildman–Crippen MR) is 126 cm³/mol. The van der Waals surface area contributed by atoms with Crippen molar-refractivity contribution in [3.63, 3.8) is 0 Å². The monoisotopic (exact) mass is 424 g/mol. The maximum atomic E-state index is 13.3. The van der Waals surface area contributed by atoms with E-state index < -0.39 is 0 Å². The van der Waals surface area contributed by atoms with Gasteiger partial charge in [0.1, 0.15) is 0 Å². The minimum Gasteiger partial charge on any atom is -0.325 e. The molecule has 1 amide bonds. The number of nitrogens with zero attached hydrogens (tertiary/aromatic N) is 2. The highest BCUT2D eigenvalue weighted by Gasteiger charge is 2.37. The molecule has 4 rings (SSSR count). The summed E-state index contributed by atoms with van der Waals surface area (Å²) in [5.41, 5.74) is 2.18. The number of quaternary nitrogens is 1. The fourth-order valence-corrected chi connectivity index (χ4v) is 5.93. The molecule has 0 aliphatic carbocycles. The first-order valence-corrected chi connectivity index (χ1v) is 12.1. The summed E-state index contributed by atoms with van der Waals surface area (Å²) in [4.78, 5) is 17.0. The van der Waals surface area contributed by atoms with E-state index in [1.807, 2.05) is 30.0 Å². The lowest BCUT2D eigenvalue weighted by Gasteiger charge is -2.43. The number of thioether (sulfide) groups is 1. The summed E-state index contributed by atoms with van der Waals surface area (Å²) >= 11 is 1.83. The van der Waals surface area contributed by atoms with Crippen LogP contribution in [-0.2, 0) is 4.79 Å². The second kappa shape index (κ2) is 9.54. The molecule has 160 valence electrons. The number of para-hydroxylation sites is 1. The zero-order chi connectivity index (χ0) is 21.0. The summed E-state index contributed by atoms with van der Waals surface area (Å²) in [7, 11) is 2.39. The summed E-state index contributed by atoms with van der Waals surface area (Å²) in [6, 6.07) is 18.7. The van der Waals surface area contributed by atoms with Gasteiger partial charge in [0.25, 0.3) is 0 Å². The molecule has 1 fully saturated rings. The number of amides is 1. The van der Waals surface area contributed by atoms with Crippen LogP contribution in [0, 0.1) is 5.92 Å². The van der Waals surface area contributed by atoms with Gasteiger partial charge in [-0.15, -0.1) is 11.8 Å². The third-order valence-electron chi connectivity index (χ3n) is 6.65. The third kappa shape index (κ3) is 4.90.